The number of aromatic amines is 1. The minimum absolute atomic E-state index is 0.0249. The fraction of sp³-hybridized carbons (Fsp3) is 0.118. The van der Waals surface area contributed by atoms with E-state index in [4.69, 9.17) is 12.2 Å². The van der Waals surface area contributed by atoms with Crippen molar-refractivity contribution in [2.24, 2.45) is 5.10 Å². The molecule has 0 aliphatic carbocycles. The molecule has 0 saturated heterocycles. The standard InChI is InChI=1S/C17H16N6O2S/c1-21(2)14-9-7-12(8-10-14)16-19-20-17(26)22(16)18-11-13-5-3-4-6-15(13)23(24)25/h3-11H,1-2H3,(H,20,26)/b18-11-. The van der Waals surface area contributed by atoms with Crippen LogP contribution < -0.4 is 4.90 Å². The number of para-hydroxylation sites is 1. The Bertz CT molecular complexity index is 1020. The summed E-state index contributed by atoms with van der Waals surface area (Å²) in [7, 11) is 3.92. The van der Waals surface area contributed by atoms with Gasteiger partial charge >= 0.3 is 0 Å². The summed E-state index contributed by atoms with van der Waals surface area (Å²) in [6.07, 6.45) is 1.40. The highest BCUT2D eigenvalue weighted by Gasteiger charge is 2.12. The maximum absolute atomic E-state index is 11.1. The lowest BCUT2D eigenvalue weighted by atomic mass is 10.2. The van der Waals surface area contributed by atoms with Crippen molar-refractivity contribution in [2.75, 3.05) is 19.0 Å². The molecule has 132 valence electrons. The van der Waals surface area contributed by atoms with Gasteiger partial charge in [0.15, 0.2) is 5.82 Å². The van der Waals surface area contributed by atoms with Crippen LogP contribution in [-0.2, 0) is 0 Å². The molecule has 1 heterocycles. The first-order valence-electron chi connectivity index (χ1n) is 7.70. The van der Waals surface area contributed by atoms with E-state index in [1.54, 1.807) is 18.2 Å². The molecule has 3 aromatic rings. The van der Waals surface area contributed by atoms with Crippen LogP contribution in [0.5, 0.6) is 0 Å². The zero-order chi connectivity index (χ0) is 18.7. The van der Waals surface area contributed by atoms with Gasteiger partial charge in [-0.15, -0.1) is 0 Å². The second-order valence-corrected chi connectivity index (χ2v) is 6.05. The average molecular weight is 368 g/mol. The van der Waals surface area contributed by atoms with Crippen molar-refractivity contribution in [3.63, 3.8) is 0 Å². The van der Waals surface area contributed by atoms with Crippen LogP contribution in [-0.4, -0.2) is 40.1 Å². The summed E-state index contributed by atoms with van der Waals surface area (Å²) in [5.74, 6) is 0.523. The first-order chi connectivity index (χ1) is 12.5. The molecule has 8 nitrogen and oxygen atoms in total. The zero-order valence-electron chi connectivity index (χ0n) is 14.2. The van der Waals surface area contributed by atoms with Gasteiger partial charge in [0.05, 0.1) is 16.7 Å². The first kappa shape index (κ1) is 17.5. The fourth-order valence-electron chi connectivity index (χ4n) is 2.38. The number of anilines is 1. The molecule has 2 aromatic carbocycles. The maximum Gasteiger partial charge on any atom is 0.278 e. The monoisotopic (exact) mass is 368 g/mol. The topological polar surface area (TPSA) is 92.3 Å². The van der Waals surface area contributed by atoms with Crippen molar-refractivity contribution in [1.82, 2.24) is 14.9 Å². The van der Waals surface area contributed by atoms with Gasteiger partial charge in [-0.1, -0.05) is 12.1 Å². The third-order valence-electron chi connectivity index (χ3n) is 3.74. The van der Waals surface area contributed by atoms with E-state index in [2.05, 4.69) is 15.3 Å². The lowest BCUT2D eigenvalue weighted by molar-refractivity contribution is -0.385. The molecule has 0 unspecified atom stereocenters. The van der Waals surface area contributed by atoms with Gasteiger partial charge in [-0.2, -0.15) is 14.9 Å². The number of benzene rings is 2. The van der Waals surface area contributed by atoms with Gasteiger partial charge < -0.3 is 4.90 Å². The average Bonchev–Trinajstić information content (AvgIpc) is 3.00. The van der Waals surface area contributed by atoms with Gasteiger partial charge in [0.25, 0.3) is 5.69 Å². The van der Waals surface area contributed by atoms with E-state index < -0.39 is 4.92 Å². The van der Waals surface area contributed by atoms with E-state index in [0.29, 0.717) is 16.2 Å². The molecule has 1 N–H and O–H groups in total. The number of nitrogens with one attached hydrogen (secondary N) is 1. The predicted molar refractivity (Wildman–Crippen MR) is 103 cm³/mol. The normalized spacial score (nSPS) is 11.0. The Morgan fingerprint density at radius 2 is 1.92 bits per heavy atom. The Morgan fingerprint density at radius 1 is 1.23 bits per heavy atom. The highest BCUT2D eigenvalue weighted by Crippen LogP contribution is 2.21. The van der Waals surface area contributed by atoms with Crippen molar-refractivity contribution >= 4 is 29.8 Å². The molecule has 0 saturated carbocycles. The Kier molecular flexibility index (Phi) is 4.90. The van der Waals surface area contributed by atoms with Gasteiger partial charge in [-0.25, -0.2) is 5.10 Å². The molecule has 0 atom stereocenters. The smallest absolute Gasteiger partial charge is 0.278 e. The first-order valence-corrected chi connectivity index (χ1v) is 8.11. The predicted octanol–water partition coefficient (Wildman–Crippen LogP) is 3.46. The van der Waals surface area contributed by atoms with E-state index >= 15 is 0 Å². The third-order valence-corrected chi connectivity index (χ3v) is 4.00. The SMILES string of the molecule is CN(C)c1ccc(-c2n[nH]c(=S)n2/N=C\c2ccccc2[N+](=O)[O-])cc1. The van der Waals surface area contributed by atoms with Crippen molar-refractivity contribution < 1.29 is 4.92 Å². The van der Waals surface area contributed by atoms with Gasteiger partial charge in [0.1, 0.15) is 0 Å². The molecule has 0 aliphatic heterocycles. The lowest BCUT2D eigenvalue weighted by Crippen LogP contribution is -2.08. The minimum atomic E-state index is -0.448. The summed E-state index contributed by atoms with van der Waals surface area (Å²) in [6.45, 7) is 0. The number of H-pyrrole nitrogens is 1. The number of nitro groups is 1. The largest absolute Gasteiger partial charge is 0.378 e. The van der Waals surface area contributed by atoms with Crippen molar-refractivity contribution in [3.05, 3.63) is 69.0 Å². The second kappa shape index (κ2) is 7.28. The molecular weight excluding hydrogens is 352 g/mol. The summed E-state index contributed by atoms with van der Waals surface area (Å²) in [6, 6.07) is 14.1. The van der Waals surface area contributed by atoms with E-state index in [1.165, 1.54) is 17.0 Å². The molecule has 1 aromatic heterocycles. The summed E-state index contributed by atoms with van der Waals surface area (Å²) in [5, 5.41) is 22.3. The van der Waals surface area contributed by atoms with Crippen LogP contribution in [0.3, 0.4) is 0 Å². The molecule has 3 rings (SSSR count). The molecule has 0 bridgehead atoms. The van der Waals surface area contributed by atoms with Crippen molar-refractivity contribution in [2.45, 2.75) is 0 Å². The fourth-order valence-corrected chi connectivity index (χ4v) is 2.56. The van der Waals surface area contributed by atoms with Crippen molar-refractivity contribution in [3.8, 4) is 11.4 Å². The highest BCUT2D eigenvalue weighted by atomic mass is 32.1. The number of aromatic nitrogens is 3. The Balaban J connectivity index is 1.99. The number of hydrogen-bond donors (Lipinski definition) is 1. The maximum atomic E-state index is 11.1. The summed E-state index contributed by atoms with van der Waals surface area (Å²) in [5.41, 5.74) is 2.23. The summed E-state index contributed by atoms with van der Waals surface area (Å²) < 4.78 is 1.74. The van der Waals surface area contributed by atoms with E-state index in [1.807, 2.05) is 43.3 Å². The van der Waals surface area contributed by atoms with Crippen LogP contribution in [0.25, 0.3) is 11.4 Å². The van der Waals surface area contributed by atoms with Crippen LogP contribution in [0.1, 0.15) is 5.56 Å². The van der Waals surface area contributed by atoms with Gasteiger partial charge in [0, 0.05) is 31.4 Å². The van der Waals surface area contributed by atoms with Gasteiger partial charge in [0.2, 0.25) is 4.77 Å². The molecule has 0 fully saturated rings. The minimum Gasteiger partial charge on any atom is -0.378 e. The molecule has 0 spiro atoms. The molecular formula is C17H16N6O2S. The van der Waals surface area contributed by atoms with Crippen LogP contribution in [0, 0.1) is 14.9 Å². The number of rotatable bonds is 5. The quantitative estimate of drug-likeness (QED) is 0.322. The number of hydrogen-bond acceptors (Lipinski definition) is 6. The molecule has 9 heteroatoms. The zero-order valence-corrected chi connectivity index (χ0v) is 15.0. The summed E-state index contributed by atoms with van der Waals surface area (Å²) in [4.78, 5) is 12.7. The van der Waals surface area contributed by atoms with Gasteiger partial charge in [-0.3, -0.25) is 10.1 Å². The van der Waals surface area contributed by atoms with Crippen LogP contribution in [0.4, 0.5) is 11.4 Å². The Hall–Kier alpha value is -3.33. The molecule has 26 heavy (non-hydrogen) atoms. The third kappa shape index (κ3) is 3.52. The lowest BCUT2D eigenvalue weighted by Gasteiger charge is -2.12. The van der Waals surface area contributed by atoms with Crippen LogP contribution in [0.2, 0.25) is 0 Å². The van der Waals surface area contributed by atoms with E-state index in [-0.39, 0.29) is 5.69 Å². The molecule has 0 amide bonds. The van der Waals surface area contributed by atoms with E-state index in [9.17, 15) is 10.1 Å². The molecule has 0 aliphatic rings. The number of nitrogens with zero attached hydrogens (tertiary/aromatic N) is 5. The Morgan fingerprint density at radius 3 is 2.58 bits per heavy atom. The Labute approximate surface area is 154 Å². The number of nitro benzene ring substituents is 1. The molecule has 0 radical (unpaired) electrons. The second-order valence-electron chi connectivity index (χ2n) is 5.67. The van der Waals surface area contributed by atoms with Crippen LogP contribution in [0.15, 0.2) is 53.6 Å². The van der Waals surface area contributed by atoms with Crippen molar-refractivity contribution in [1.29, 1.82) is 0 Å². The van der Waals surface area contributed by atoms with Gasteiger partial charge in [-0.05, 0) is 42.5 Å². The van der Waals surface area contributed by atoms with E-state index in [0.717, 1.165) is 11.3 Å². The van der Waals surface area contributed by atoms with Crippen LogP contribution >= 0.6 is 12.2 Å². The highest BCUT2D eigenvalue weighted by molar-refractivity contribution is 7.71. The summed E-state index contributed by atoms with van der Waals surface area (Å²) >= 11 is 5.23.